The number of nitrogens with zero attached hydrogens (tertiary/aromatic N) is 4. The number of hydroxylamine groups is 2. The summed E-state index contributed by atoms with van der Waals surface area (Å²) < 4.78 is 0. The molecule has 30 heavy (non-hydrogen) atoms. The molecule has 0 aromatic carbocycles. The first-order valence-corrected chi connectivity index (χ1v) is 12.4. The van der Waals surface area contributed by atoms with Crippen molar-refractivity contribution in [2.45, 2.75) is 140 Å². The third-order valence-electron chi connectivity index (χ3n) is 7.55. The predicted octanol–water partition coefficient (Wildman–Crippen LogP) is 4.85. The third-order valence-corrected chi connectivity index (χ3v) is 7.55. The van der Waals surface area contributed by atoms with Gasteiger partial charge >= 0.3 is 0 Å². The van der Waals surface area contributed by atoms with Crippen LogP contribution in [0.2, 0.25) is 0 Å². The van der Waals surface area contributed by atoms with Crippen LogP contribution in [0.1, 0.15) is 105 Å². The summed E-state index contributed by atoms with van der Waals surface area (Å²) >= 11 is 0. The number of hydrogen-bond acceptors (Lipinski definition) is 6. The first-order chi connectivity index (χ1) is 14.4. The van der Waals surface area contributed by atoms with Crippen molar-refractivity contribution in [2.24, 2.45) is 9.98 Å². The summed E-state index contributed by atoms with van der Waals surface area (Å²) in [6.45, 7) is 9.38. The molecule has 0 aromatic rings. The fraction of sp³-hybridized carbons (Fsp3) is 0.917. The average Bonchev–Trinajstić information content (AvgIpc) is 2.72. The van der Waals surface area contributed by atoms with Crippen molar-refractivity contribution in [1.29, 1.82) is 0 Å². The molecule has 0 spiro atoms. The molecule has 0 amide bonds. The van der Waals surface area contributed by atoms with Crippen molar-refractivity contribution in [3.8, 4) is 0 Å². The average molecular weight is 418 g/mol. The van der Waals surface area contributed by atoms with Gasteiger partial charge in [0.2, 0.25) is 0 Å². The van der Waals surface area contributed by atoms with Crippen LogP contribution in [0.4, 0.5) is 0 Å². The van der Waals surface area contributed by atoms with Gasteiger partial charge in [-0.2, -0.15) is 5.06 Å². The number of aliphatic imine (C=N–C) groups is 2. The maximum Gasteiger partial charge on any atom is 0.179 e. The zero-order valence-corrected chi connectivity index (χ0v) is 19.6. The Labute approximate surface area is 183 Å². The Morgan fingerprint density at radius 3 is 2.10 bits per heavy atom. The van der Waals surface area contributed by atoms with Crippen molar-refractivity contribution in [3.05, 3.63) is 0 Å². The number of piperidine rings is 1. The lowest BCUT2D eigenvalue weighted by Gasteiger charge is -2.57. The first-order valence-electron chi connectivity index (χ1n) is 12.4. The summed E-state index contributed by atoms with van der Waals surface area (Å²) in [5, 5.41) is 6.18. The van der Waals surface area contributed by atoms with Crippen LogP contribution < -0.4 is 5.32 Å². The molecule has 2 aliphatic carbocycles. The quantitative estimate of drug-likeness (QED) is 0.695. The van der Waals surface area contributed by atoms with Crippen LogP contribution in [-0.4, -0.2) is 58.2 Å². The van der Waals surface area contributed by atoms with Crippen molar-refractivity contribution in [3.63, 3.8) is 0 Å². The molecule has 6 nitrogen and oxygen atoms in total. The molecule has 0 bridgehead atoms. The topological polar surface area (TPSA) is 52.5 Å². The van der Waals surface area contributed by atoms with Gasteiger partial charge in [0.25, 0.3) is 0 Å². The maximum atomic E-state index is 6.68. The van der Waals surface area contributed by atoms with E-state index in [-0.39, 0.29) is 17.4 Å². The SMILES string of the molecule is CC1(C)CC(N2C=NC=NC2NC2CCCCC2)CC(C)(C)N1OC1CCCCC1. The molecule has 0 aromatic heterocycles. The molecule has 1 N–H and O–H groups in total. The Kier molecular flexibility index (Phi) is 6.85. The fourth-order valence-electron chi connectivity index (χ4n) is 6.28. The highest BCUT2D eigenvalue weighted by Crippen LogP contribution is 2.42. The van der Waals surface area contributed by atoms with Crippen molar-refractivity contribution in [1.82, 2.24) is 15.3 Å². The summed E-state index contributed by atoms with van der Waals surface area (Å²) in [7, 11) is 0. The van der Waals surface area contributed by atoms with Gasteiger partial charge in [-0.25, -0.2) is 9.98 Å². The third kappa shape index (κ3) is 5.08. The van der Waals surface area contributed by atoms with Gasteiger partial charge < -0.3 is 4.90 Å². The molecule has 6 heteroatoms. The van der Waals surface area contributed by atoms with E-state index in [1.54, 1.807) is 6.34 Å². The van der Waals surface area contributed by atoms with E-state index in [2.05, 4.69) is 48.0 Å². The lowest BCUT2D eigenvalue weighted by Crippen LogP contribution is -2.66. The maximum absolute atomic E-state index is 6.68. The second kappa shape index (κ2) is 9.25. The minimum atomic E-state index is -0.0335. The molecule has 4 aliphatic rings. The molecule has 1 atom stereocenters. The highest BCUT2D eigenvalue weighted by atomic mass is 16.7. The summed E-state index contributed by atoms with van der Waals surface area (Å²) in [6, 6.07) is 0.967. The van der Waals surface area contributed by atoms with Crippen LogP contribution in [0.5, 0.6) is 0 Å². The molecule has 3 fully saturated rings. The predicted molar refractivity (Wildman–Crippen MR) is 124 cm³/mol. The number of rotatable bonds is 5. The molecule has 2 aliphatic heterocycles. The highest BCUT2D eigenvalue weighted by molar-refractivity contribution is 5.73. The number of hydrogen-bond donors (Lipinski definition) is 1. The standard InChI is InChI=1S/C24H43N5O/c1-23(2)15-20(16-24(3,4)29(23)30-21-13-9-6-10-14-21)28-18-25-17-26-22(28)27-19-11-7-5-8-12-19/h17-22,27H,5-16H2,1-4H3. The van der Waals surface area contributed by atoms with Gasteiger partial charge in [-0.1, -0.05) is 38.5 Å². The minimum Gasteiger partial charge on any atom is -0.325 e. The second-order valence-electron chi connectivity index (χ2n) is 11.2. The number of nitrogens with one attached hydrogen (secondary N) is 1. The van der Waals surface area contributed by atoms with Crippen LogP contribution in [0.25, 0.3) is 0 Å². The van der Waals surface area contributed by atoms with Gasteiger partial charge in [0.15, 0.2) is 6.29 Å². The summed E-state index contributed by atoms with van der Waals surface area (Å²) in [6.07, 6.45) is 19.2. The zero-order chi connectivity index (χ0) is 21.2. The fourth-order valence-corrected chi connectivity index (χ4v) is 6.28. The van der Waals surface area contributed by atoms with E-state index < -0.39 is 0 Å². The molecule has 170 valence electrons. The Morgan fingerprint density at radius 1 is 0.867 bits per heavy atom. The lowest BCUT2D eigenvalue weighted by molar-refractivity contribution is -0.313. The van der Waals surface area contributed by atoms with Crippen molar-refractivity contribution < 1.29 is 4.84 Å². The van der Waals surface area contributed by atoms with Gasteiger partial charge in [-0.3, -0.25) is 10.2 Å². The van der Waals surface area contributed by atoms with E-state index in [0.717, 1.165) is 12.8 Å². The van der Waals surface area contributed by atoms with Gasteiger partial charge in [-0.15, -0.1) is 0 Å². The van der Waals surface area contributed by atoms with Crippen LogP contribution in [-0.2, 0) is 4.84 Å². The van der Waals surface area contributed by atoms with Gasteiger partial charge in [0.1, 0.15) is 6.34 Å². The molecule has 1 unspecified atom stereocenters. The Hall–Kier alpha value is -0.980. The van der Waals surface area contributed by atoms with Crippen LogP contribution >= 0.6 is 0 Å². The molecule has 0 radical (unpaired) electrons. The Bertz CT molecular complexity index is 601. The van der Waals surface area contributed by atoms with Crippen LogP contribution in [0.3, 0.4) is 0 Å². The van der Waals surface area contributed by atoms with Crippen molar-refractivity contribution >= 4 is 12.7 Å². The monoisotopic (exact) mass is 417 g/mol. The summed E-state index contributed by atoms with van der Waals surface area (Å²) in [5.41, 5.74) is -0.0670. The van der Waals surface area contributed by atoms with E-state index in [1.807, 2.05) is 6.34 Å². The molecular weight excluding hydrogens is 374 g/mol. The summed E-state index contributed by atoms with van der Waals surface area (Å²) in [5.74, 6) is 0. The van der Waals surface area contributed by atoms with Crippen molar-refractivity contribution in [2.75, 3.05) is 0 Å². The van der Waals surface area contributed by atoms with Gasteiger partial charge in [0.05, 0.1) is 12.4 Å². The first kappa shape index (κ1) is 22.2. The molecule has 1 saturated heterocycles. The highest BCUT2D eigenvalue weighted by Gasteiger charge is 2.49. The van der Waals surface area contributed by atoms with Gasteiger partial charge in [-0.05, 0) is 66.2 Å². The van der Waals surface area contributed by atoms with Crippen LogP contribution in [0.15, 0.2) is 9.98 Å². The normalized spacial score (nSPS) is 31.3. The Morgan fingerprint density at radius 2 is 1.47 bits per heavy atom. The Balaban J connectivity index is 1.45. The zero-order valence-electron chi connectivity index (χ0n) is 19.6. The summed E-state index contributed by atoms with van der Waals surface area (Å²) in [4.78, 5) is 18.2. The molecule has 2 saturated carbocycles. The largest absolute Gasteiger partial charge is 0.325 e. The van der Waals surface area contributed by atoms with E-state index >= 15 is 0 Å². The van der Waals surface area contributed by atoms with E-state index in [0.29, 0.717) is 18.2 Å². The smallest absolute Gasteiger partial charge is 0.179 e. The minimum absolute atomic E-state index is 0.00742. The van der Waals surface area contributed by atoms with E-state index in [4.69, 9.17) is 9.83 Å². The van der Waals surface area contributed by atoms with E-state index in [1.165, 1.54) is 64.2 Å². The van der Waals surface area contributed by atoms with Gasteiger partial charge in [0, 0.05) is 23.2 Å². The van der Waals surface area contributed by atoms with Crippen LogP contribution in [0, 0.1) is 0 Å². The second-order valence-corrected chi connectivity index (χ2v) is 11.2. The molecule has 4 rings (SSSR count). The lowest BCUT2D eigenvalue weighted by atomic mass is 9.78. The molecular formula is C24H43N5O. The molecule has 2 heterocycles. The van der Waals surface area contributed by atoms with E-state index in [9.17, 15) is 0 Å².